The summed E-state index contributed by atoms with van der Waals surface area (Å²) in [5.41, 5.74) is -2.78. The number of nitrogens with zero attached hydrogens (tertiary/aromatic N) is 2. The van der Waals surface area contributed by atoms with E-state index in [0.29, 0.717) is 10.4 Å². The highest BCUT2D eigenvalue weighted by Crippen LogP contribution is 2.58. The van der Waals surface area contributed by atoms with Gasteiger partial charge in [-0.25, -0.2) is 4.39 Å². The molecule has 0 radical (unpaired) electrons. The van der Waals surface area contributed by atoms with E-state index in [9.17, 15) is 39.0 Å². The summed E-state index contributed by atoms with van der Waals surface area (Å²) >= 11 is 1.10. The van der Waals surface area contributed by atoms with Gasteiger partial charge in [0, 0.05) is 22.4 Å². The van der Waals surface area contributed by atoms with Crippen LogP contribution in [-0.4, -0.2) is 88.8 Å². The summed E-state index contributed by atoms with van der Waals surface area (Å²) in [5, 5.41) is 37.8. The first kappa shape index (κ1) is 29.3. The van der Waals surface area contributed by atoms with Crippen molar-refractivity contribution < 1.29 is 43.7 Å². The van der Waals surface area contributed by atoms with Crippen molar-refractivity contribution in [3.8, 4) is 0 Å². The lowest BCUT2D eigenvalue weighted by molar-refractivity contribution is -0.175. The lowest BCUT2D eigenvalue weighted by Gasteiger charge is -2.56. The number of carboxylic acid groups (broad SMARTS) is 2. The molecular formula is C27H30FN3O8S. The van der Waals surface area contributed by atoms with Crippen molar-refractivity contribution in [2.45, 2.75) is 38.3 Å². The molecule has 4 rings (SSSR count). The van der Waals surface area contributed by atoms with E-state index in [1.807, 2.05) is 0 Å². The Bertz CT molecular complexity index is 1310. The number of aliphatic carboxylic acids is 2. The highest BCUT2D eigenvalue weighted by molar-refractivity contribution is 7.10. The molecule has 1 fully saturated rings. The second-order valence-electron chi connectivity index (χ2n) is 10.0. The van der Waals surface area contributed by atoms with Crippen molar-refractivity contribution in [2.24, 2.45) is 16.0 Å². The fourth-order valence-electron chi connectivity index (χ4n) is 6.09. The number of alkyl halides is 1. The van der Waals surface area contributed by atoms with Crippen LogP contribution >= 0.6 is 11.3 Å². The zero-order chi connectivity index (χ0) is 29.2. The molecule has 13 heteroatoms. The van der Waals surface area contributed by atoms with E-state index in [-0.39, 0.29) is 37.3 Å². The maximum absolute atomic E-state index is 14.5. The molecule has 0 bridgehead atoms. The van der Waals surface area contributed by atoms with Crippen LogP contribution < -0.4 is 5.32 Å². The molecule has 3 heterocycles. The lowest BCUT2D eigenvalue weighted by atomic mass is 9.52. The molecular weight excluding hydrogens is 545 g/mol. The maximum Gasteiger partial charge on any atom is 0.312 e. The number of carbonyl (C=O) groups is 4. The Labute approximate surface area is 233 Å². The van der Waals surface area contributed by atoms with Crippen LogP contribution in [0.4, 0.5) is 4.39 Å². The fraction of sp³-hybridized carbons (Fsp3) is 0.444. The Morgan fingerprint density at radius 1 is 1.15 bits per heavy atom. The number of piperidine rings is 1. The predicted octanol–water partition coefficient (Wildman–Crippen LogP) is 2.83. The van der Waals surface area contributed by atoms with Gasteiger partial charge in [0.15, 0.2) is 0 Å². The van der Waals surface area contributed by atoms with E-state index in [4.69, 9.17) is 4.74 Å². The van der Waals surface area contributed by atoms with Crippen molar-refractivity contribution >= 4 is 41.3 Å². The third-order valence-corrected chi connectivity index (χ3v) is 9.27. The number of carbonyl (C=O) groups excluding carboxylic acids is 2. The molecule has 0 aliphatic carbocycles. The molecule has 1 saturated heterocycles. The molecule has 11 nitrogen and oxygen atoms in total. The number of halogens is 1. The second kappa shape index (κ2) is 11.4. The van der Waals surface area contributed by atoms with E-state index in [1.54, 1.807) is 42.6 Å². The van der Waals surface area contributed by atoms with E-state index in [2.05, 4.69) is 10.5 Å². The number of hydrogen-bond donors (Lipinski definition) is 4. The molecule has 4 N–H and O–H groups in total. The number of amides is 2. The van der Waals surface area contributed by atoms with Crippen molar-refractivity contribution in [2.75, 3.05) is 26.4 Å². The number of thiophene rings is 1. The molecule has 1 aromatic heterocycles. The van der Waals surface area contributed by atoms with Crippen LogP contribution in [0, 0.1) is 10.8 Å². The minimum Gasteiger partial charge on any atom is -0.481 e. The Morgan fingerprint density at radius 2 is 1.80 bits per heavy atom. The van der Waals surface area contributed by atoms with E-state index in [1.165, 1.54) is 6.92 Å². The van der Waals surface area contributed by atoms with Crippen LogP contribution in [0.5, 0.6) is 0 Å². The topological polar surface area (TPSA) is 166 Å². The van der Waals surface area contributed by atoms with Crippen LogP contribution in [0.1, 0.15) is 57.3 Å². The van der Waals surface area contributed by atoms with Gasteiger partial charge in [0.2, 0.25) is 0 Å². The monoisotopic (exact) mass is 575 g/mol. The van der Waals surface area contributed by atoms with Crippen molar-refractivity contribution in [3.63, 3.8) is 0 Å². The summed E-state index contributed by atoms with van der Waals surface area (Å²) in [5.74, 6) is -4.83. The van der Waals surface area contributed by atoms with Crippen LogP contribution in [0.2, 0.25) is 0 Å². The molecule has 0 saturated carbocycles. The van der Waals surface area contributed by atoms with Crippen molar-refractivity contribution in [3.05, 3.63) is 57.3 Å². The summed E-state index contributed by atoms with van der Waals surface area (Å²) in [4.78, 5) is 52.5. The Balaban J connectivity index is 1.65. The van der Waals surface area contributed by atoms with E-state index < -0.39 is 59.3 Å². The Hall–Kier alpha value is -3.68. The minimum atomic E-state index is -1.90. The zero-order valence-corrected chi connectivity index (χ0v) is 22.7. The van der Waals surface area contributed by atoms with Gasteiger partial charge in [-0.05, 0) is 36.9 Å². The Morgan fingerprint density at radius 3 is 2.33 bits per heavy atom. The third kappa shape index (κ3) is 4.47. The molecule has 1 aromatic carbocycles. The normalized spacial score (nSPS) is 28.3. The number of rotatable bonds is 11. The van der Waals surface area contributed by atoms with Crippen molar-refractivity contribution in [1.82, 2.24) is 10.2 Å². The number of ether oxygens (including phenoxy) is 1. The summed E-state index contributed by atoms with van der Waals surface area (Å²) < 4.78 is 20.3. The number of carboxylic acids is 2. The molecule has 2 aliphatic heterocycles. The fourth-order valence-corrected chi connectivity index (χ4v) is 7.30. The number of imide groups is 1. The average molecular weight is 576 g/mol. The number of nitrogens with one attached hydrogen (secondary N) is 1. The number of fused-ring (bicyclic) bond motifs is 1. The molecule has 2 amide bonds. The third-order valence-electron chi connectivity index (χ3n) is 8.27. The lowest BCUT2D eigenvalue weighted by Crippen LogP contribution is -2.71. The molecule has 5 atom stereocenters. The number of oxime groups is 1. The molecule has 214 valence electrons. The summed E-state index contributed by atoms with van der Waals surface area (Å²) in [7, 11) is 0. The molecule has 5 unspecified atom stereocenters. The van der Waals surface area contributed by atoms with Crippen LogP contribution in [-0.2, 0) is 14.3 Å². The van der Waals surface area contributed by atoms with E-state index in [0.717, 1.165) is 22.5 Å². The zero-order valence-electron chi connectivity index (χ0n) is 21.9. The number of hydrogen-bond acceptors (Lipinski definition) is 9. The molecule has 0 spiro atoms. The van der Waals surface area contributed by atoms with Crippen LogP contribution in [0.15, 0.2) is 40.9 Å². The highest BCUT2D eigenvalue weighted by Gasteiger charge is 2.67. The quantitative estimate of drug-likeness (QED) is 0.104. The van der Waals surface area contributed by atoms with Gasteiger partial charge in [-0.15, -0.1) is 11.3 Å². The summed E-state index contributed by atoms with van der Waals surface area (Å²) in [6.45, 7) is 1.37. The predicted molar refractivity (Wildman–Crippen MR) is 142 cm³/mol. The summed E-state index contributed by atoms with van der Waals surface area (Å²) in [6, 6.07) is 5.68. The van der Waals surface area contributed by atoms with Gasteiger partial charge < -0.3 is 25.5 Å². The molecule has 40 heavy (non-hydrogen) atoms. The molecule has 2 aliphatic rings. The second-order valence-corrected chi connectivity index (χ2v) is 11.0. The standard InChI is InChI=1S/C27H30FN3O8S/c1-3-27(25(36)37)19(14-39-10-9-31-22(32)16-6-4-5-7-17(16)23(31)33)30-18(12-28)26(2,24(34)35)21(27)20-15(13-29-38)8-11-40-20/h4-8,11,13,18-19,21,30,38H,3,9-10,12,14H2,1-2H3,(H,34,35)(H,36,37). The molecule has 2 aromatic rings. The Kier molecular flexibility index (Phi) is 8.38. The van der Waals surface area contributed by atoms with Crippen LogP contribution in [0.3, 0.4) is 0 Å². The first-order valence-corrected chi connectivity index (χ1v) is 13.5. The van der Waals surface area contributed by atoms with Gasteiger partial charge in [-0.3, -0.25) is 24.1 Å². The smallest absolute Gasteiger partial charge is 0.312 e. The van der Waals surface area contributed by atoms with Gasteiger partial charge in [0.25, 0.3) is 11.8 Å². The van der Waals surface area contributed by atoms with Gasteiger partial charge in [0.05, 0.1) is 54.0 Å². The first-order valence-electron chi connectivity index (χ1n) is 12.7. The SMILES string of the molecule is CCC1(C(=O)O)C(COCCN2C(=O)c3ccccc3C2=O)NC(CF)C(C)(C(=O)O)C1c1sccc1C=NO. The van der Waals surface area contributed by atoms with Gasteiger partial charge in [-0.1, -0.05) is 24.2 Å². The first-order chi connectivity index (χ1) is 19.1. The number of benzene rings is 1. The average Bonchev–Trinajstić information content (AvgIpc) is 3.48. The largest absolute Gasteiger partial charge is 0.481 e. The van der Waals surface area contributed by atoms with E-state index >= 15 is 0 Å². The van der Waals surface area contributed by atoms with Gasteiger partial charge in [-0.2, -0.15) is 0 Å². The van der Waals surface area contributed by atoms with Gasteiger partial charge in [0.1, 0.15) is 6.67 Å². The maximum atomic E-state index is 14.5. The minimum absolute atomic E-state index is 0.0398. The highest BCUT2D eigenvalue weighted by atomic mass is 32.1. The summed E-state index contributed by atoms with van der Waals surface area (Å²) in [6.07, 6.45) is 1.05. The van der Waals surface area contributed by atoms with Gasteiger partial charge >= 0.3 is 11.9 Å². The van der Waals surface area contributed by atoms with Crippen LogP contribution in [0.25, 0.3) is 0 Å². The van der Waals surface area contributed by atoms with Crippen molar-refractivity contribution in [1.29, 1.82) is 0 Å².